The van der Waals surface area contributed by atoms with E-state index in [0.29, 0.717) is 22.1 Å². The van der Waals surface area contributed by atoms with Crippen LogP contribution in [-0.2, 0) is 9.59 Å². The van der Waals surface area contributed by atoms with Gasteiger partial charge in [-0.3, -0.25) is 14.9 Å². The number of carbonyl (C=O) groups excluding carboxylic acids is 3. The van der Waals surface area contributed by atoms with Crippen molar-refractivity contribution < 1.29 is 23.9 Å². The Kier molecular flexibility index (Phi) is 6.04. The Morgan fingerprint density at radius 1 is 1.17 bits per heavy atom. The number of nitrogens with zero attached hydrogens (tertiary/aromatic N) is 2. The van der Waals surface area contributed by atoms with Crippen LogP contribution < -0.4 is 19.7 Å². The minimum atomic E-state index is -0.861. The van der Waals surface area contributed by atoms with Crippen molar-refractivity contribution in [2.45, 2.75) is 6.92 Å². The zero-order valence-electron chi connectivity index (χ0n) is 16.1. The number of halogens is 1. The number of aryl methyl sites for hydroxylation is 1. The van der Waals surface area contributed by atoms with Crippen LogP contribution in [0.25, 0.3) is 6.08 Å². The van der Waals surface area contributed by atoms with Crippen LogP contribution in [0.15, 0.2) is 42.0 Å². The fourth-order valence-corrected chi connectivity index (χ4v) is 2.96. The maximum absolute atomic E-state index is 13.0. The largest absolute Gasteiger partial charge is 0.493 e. The van der Waals surface area contributed by atoms with E-state index >= 15 is 0 Å². The van der Waals surface area contributed by atoms with Crippen LogP contribution >= 0.6 is 11.6 Å². The summed E-state index contributed by atoms with van der Waals surface area (Å²) in [7, 11) is 1.42. The van der Waals surface area contributed by atoms with E-state index in [4.69, 9.17) is 26.3 Å². The predicted octanol–water partition coefficient (Wildman–Crippen LogP) is 3.23. The number of urea groups is 1. The molecule has 1 N–H and O–H groups in total. The van der Waals surface area contributed by atoms with Gasteiger partial charge in [-0.15, -0.1) is 0 Å². The number of hydrogen-bond acceptors (Lipinski definition) is 6. The van der Waals surface area contributed by atoms with E-state index in [1.54, 1.807) is 37.3 Å². The number of anilines is 1. The minimum absolute atomic E-state index is 0.159. The second-order valence-electron chi connectivity index (χ2n) is 6.25. The Morgan fingerprint density at radius 2 is 1.93 bits per heavy atom. The lowest BCUT2D eigenvalue weighted by atomic mass is 10.1. The molecule has 2 aromatic rings. The Morgan fingerprint density at radius 3 is 2.60 bits per heavy atom. The van der Waals surface area contributed by atoms with E-state index in [1.165, 1.54) is 19.3 Å². The van der Waals surface area contributed by atoms with Crippen LogP contribution in [0.2, 0.25) is 5.02 Å². The Bertz CT molecular complexity index is 1120. The first-order valence-electron chi connectivity index (χ1n) is 8.71. The molecule has 3 rings (SSSR count). The van der Waals surface area contributed by atoms with Gasteiger partial charge in [0.05, 0.1) is 12.8 Å². The van der Waals surface area contributed by atoms with Crippen molar-refractivity contribution in [2.75, 3.05) is 18.6 Å². The molecule has 1 aliphatic rings. The molecule has 0 spiro atoms. The summed E-state index contributed by atoms with van der Waals surface area (Å²) in [4.78, 5) is 38.4. The third-order valence-corrected chi connectivity index (χ3v) is 4.71. The van der Waals surface area contributed by atoms with E-state index in [-0.39, 0.29) is 17.9 Å². The van der Waals surface area contributed by atoms with Gasteiger partial charge in [-0.05, 0) is 48.4 Å². The third kappa shape index (κ3) is 4.11. The van der Waals surface area contributed by atoms with Gasteiger partial charge in [0, 0.05) is 5.02 Å². The molecule has 1 heterocycles. The molecule has 0 bridgehead atoms. The Hall–Kier alpha value is -3.83. The van der Waals surface area contributed by atoms with Gasteiger partial charge in [-0.25, -0.2) is 9.69 Å². The first kappa shape index (κ1) is 20.9. The van der Waals surface area contributed by atoms with E-state index in [1.807, 2.05) is 6.07 Å². The van der Waals surface area contributed by atoms with E-state index in [0.717, 1.165) is 10.5 Å². The molecule has 0 aliphatic carbocycles. The summed E-state index contributed by atoms with van der Waals surface area (Å²) >= 11 is 6.11. The zero-order valence-corrected chi connectivity index (χ0v) is 16.8. The van der Waals surface area contributed by atoms with Crippen molar-refractivity contribution in [1.82, 2.24) is 5.32 Å². The summed E-state index contributed by atoms with van der Waals surface area (Å²) < 4.78 is 10.5. The summed E-state index contributed by atoms with van der Waals surface area (Å²) in [5.74, 6) is -0.941. The number of imide groups is 2. The summed E-state index contributed by atoms with van der Waals surface area (Å²) in [6, 6.07) is 10.4. The van der Waals surface area contributed by atoms with Crippen LogP contribution in [0.5, 0.6) is 11.5 Å². The summed E-state index contributed by atoms with van der Waals surface area (Å²) in [6.45, 7) is 1.63. The summed E-state index contributed by atoms with van der Waals surface area (Å²) in [5.41, 5.74) is 1.25. The number of ether oxygens (including phenoxy) is 2. The molecule has 2 aromatic carbocycles. The molecule has 152 valence electrons. The van der Waals surface area contributed by atoms with E-state index in [2.05, 4.69) is 5.32 Å². The van der Waals surface area contributed by atoms with Crippen LogP contribution in [0.4, 0.5) is 10.5 Å². The van der Waals surface area contributed by atoms with Crippen molar-refractivity contribution in [3.63, 3.8) is 0 Å². The lowest BCUT2D eigenvalue weighted by Gasteiger charge is -2.26. The number of benzene rings is 2. The highest BCUT2D eigenvalue weighted by molar-refractivity contribution is 6.39. The van der Waals surface area contributed by atoms with Crippen molar-refractivity contribution in [3.8, 4) is 17.6 Å². The zero-order chi connectivity index (χ0) is 21.8. The maximum Gasteiger partial charge on any atom is 0.335 e. The van der Waals surface area contributed by atoms with Gasteiger partial charge in [-0.2, -0.15) is 5.26 Å². The average Bonchev–Trinajstić information content (AvgIpc) is 2.72. The standard InChI is InChI=1S/C21H16ClN3O5/c1-12-3-5-14(11-16(12)22)25-20(27)15(19(26)24-21(25)28)9-13-4-6-17(30-8-7-23)18(10-13)29-2/h3-6,9-11H,8H2,1-2H3,(H,24,26,28)/b15-9-. The monoisotopic (exact) mass is 425 g/mol. The summed E-state index contributed by atoms with van der Waals surface area (Å²) in [5, 5.41) is 11.2. The molecule has 0 atom stereocenters. The molecule has 4 amide bonds. The Balaban J connectivity index is 1.98. The molecule has 0 aromatic heterocycles. The topological polar surface area (TPSA) is 109 Å². The molecule has 1 saturated heterocycles. The van der Waals surface area contributed by atoms with Gasteiger partial charge in [0.2, 0.25) is 0 Å². The fraction of sp³-hybridized carbons (Fsp3) is 0.143. The van der Waals surface area contributed by atoms with Crippen molar-refractivity contribution in [1.29, 1.82) is 5.26 Å². The second kappa shape index (κ2) is 8.68. The van der Waals surface area contributed by atoms with Crippen molar-refractivity contribution >= 4 is 41.2 Å². The smallest absolute Gasteiger partial charge is 0.335 e. The highest BCUT2D eigenvalue weighted by Gasteiger charge is 2.37. The quantitative estimate of drug-likeness (QED) is 0.582. The normalized spacial score (nSPS) is 15.1. The second-order valence-corrected chi connectivity index (χ2v) is 6.66. The van der Waals surface area contributed by atoms with Gasteiger partial charge in [0.1, 0.15) is 11.6 Å². The highest BCUT2D eigenvalue weighted by atomic mass is 35.5. The number of hydrogen-bond donors (Lipinski definition) is 1. The van der Waals surface area contributed by atoms with Gasteiger partial charge in [-0.1, -0.05) is 23.7 Å². The van der Waals surface area contributed by atoms with Gasteiger partial charge in [0.15, 0.2) is 18.1 Å². The fourth-order valence-electron chi connectivity index (χ4n) is 2.78. The number of barbiturate groups is 1. The molecule has 1 aliphatic heterocycles. The van der Waals surface area contributed by atoms with Crippen LogP contribution in [0.3, 0.4) is 0 Å². The molecule has 0 radical (unpaired) electrons. The predicted molar refractivity (Wildman–Crippen MR) is 109 cm³/mol. The number of nitrogens with one attached hydrogen (secondary N) is 1. The minimum Gasteiger partial charge on any atom is -0.493 e. The van der Waals surface area contributed by atoms with Gasteiger partial charge in [0.25, 0.3) is 11.8 Å². The molecule has 30 heavy (non-hydrogen) atoms. The molecule has 0 unspecified atom stereocenters. The van der Waals surface area contributed by atoms with E-state index in [9.17, 15) is 14.4 Å². The molecule has 8 nitrogen and oxygen atoms in total. The number of nitriles is 1. The first-order valence-corrected chi connectivity index (χ1v) is 9.09. The summed E-state index contributed by atoms with van der Waals surface area (Å²) in [6.07, 6.45) is 1.34. The van der Waals surface area contributed by atoms with Crippen molar-refractivity contribution in [2.24, 2.45) is 0 Å². The lowest BCUT2D eigenvalue weighted by molar-refractivity contribution is -0.122. The SMILES string of the molecule is COc1cc(/C=C2/C(=O)NC(=O)N(c3ccc(C)c(Cl)c3)C2=O)ccc1OCC#N. The van der Waals surface area contributed by atoms with Crippen LogP contribution in [0, 0.1) is 18.3 Å². The van der Waals surface area contributed by atoms with Gasteiger partial charge >= 0.3 is 6.03 Å². The third-order valence-electron chi connectivity index (χ3n) is 4.31. The Labute approximate surface area is 177 Å². The maximum atomic E-state index is 13.0. The molecule has 1 fully saturated rings. The number of methoxy groups -OCH3 is 1. The number of amides is 4. The van der Waals surface area contributed by atoms with Crippen LogP contribution in [0.1, 0.15) is 11.1 Å². The van der Waals surface area contributed by atoms with E-state index < -0.39 is 17.8 Å². The number of rotatable bonds is 5. The number of carbonyl (C=O) groups is 3. The van der Waals surface area contributed by atoms with Gasteiger partial charge < -0.3 is 9.47 Å². The lowest BCUT2D eigenvalue weighted by Crippen LogP contribution is -2.54. The molecular formula is C21H16ClN3O5. The highest BCUT2D eigenvalue weighted by Crippen LogP contribution is 2.30. The first-order chi connectivity index (χ1) is 14.3. The molecule has 9 heteroatoms. The molecule has 0 saturated carbocycles. The van der Waals surface area contributed by atoms with Crippen LogP contribution in [-0.4, -0.2) is 31.6 Å². The average molecular weight is 426 g/mol. The van der Waals surface area contributed by atoms with Crippen molar-refractivity contribution in [3.05, 3.63) is 58.1 Å². The molecular weight excluding hydrogens is 410 g/mol.